The van der Waals surface area contributed by atoms with Gasteiger partial charge in [0.1, 0.15) is 5.82 Å². The minimum Gasteiger partial charge on any atom is -0.341 e. The minimum atomic E-state index is -3.60. The molecule has 6 heteroatoms. The van der Waals surface area contributed by atoms with Gasteiger partial charge in [-0.2, -0.15) is 5.26 Å². The summed E-state index contributed by atoms with van der Waals surface area (Å²) in [7, 11) is -3.60. The molecule has 1 N–H and O–H groups in total. The summed E-state index contributed by atoms with van der Waals surface area (Å²) in [5.74, 6) is 0.814. The maximum absolute atomic E-state index is 12.1. The van der Waals surface area contributed by atoms with E-state index < -0.39 is 15.3 Å². The molecular formula is C19H17N3O2S. The summed E-state index contributed by atoms with van der Waals surface area (Å²) in [6.45, 7) is 4.06. The van der Waals surface area contributed by atoms with Crippen LogP contribution in [0.25, 0.3) is 11.0 Å². The molecule has 0 unspecified atom stereocenters. The van der Waals surface area contributed by atoms with E-state index in [2.05, 4.69) is 9.97 Å². The number of rotatable bonds is 4. The fourth-order valence-corrected chi connectivity index (χ4v) is 3.56. The van der Waals surface area contributed by atoms with Crippen LogP contribution in [0.15, 0.2) is 64.9 Å². The van der Waals surface area contributed by atoms with Crippen molar-refractivity contribution in [3.8, 4) is 6.07 Å². The van der Waals surface area contributed by atoms with Gasteiger partial charge in [0.25, 0.3) is 0 Å². The third-order valence-electron chi connectivity index (χ3n) is 4.21. The molecule has 5 nitrogen and oxygen atoms in total. The number of aromatic amines is 1. The van der Waals surface area contributed by atoms with Crippen molar-refractivity contribution in [2.45, 2.75) is 24.2 Å². The molecule has 2 aromatic carbocycles. The first kappa shape index (κ1) is 16.9. The molecule has 1 aromatic heterocycles. The topological polar surface area (TPSA) is 86.6 Å². The van der Waals surface area contributed by atoms with Gasteiger partial charge in [0.05, 0.1) is 22.0 Å². The molecule has 0 saturated carbocycles. The first-order valence-electron chi connectivity index (χ1n) is 7.71. The molecule has 1 heterocycles. The number of nitriles is 1. The maximum atomic E-state index is 12.1. The van der Waals surface area contributed by atoms with Crippen LogP contribution in [-0.4, -0.2) is 18.4 Å². The molecule has 0 fully saturated rings. The predicted octanol–water partition coefficient (Wildman–Crippen LogP) is 3.70. The summed E-state index contributed by atoms with van der Waals surface area (Å²) in [4.78, 5) is 8.14. The second kappa shape index (κ2) is 6.19. The maximum Gasteiger partial charge on any atom is 0.200 e. The van der Waals surface area contributed by atoms with Gasteiger partial charge in [0, 0.05) is 16.9 Å². The summed E-state index contributed by atoms with van der Waals surface area (Å²) >= 11 is 0. The first-order chi connectivity index (χ1) is 11.8. The van der Waals surface area contributed by atoms with Gasteiger partial charge in [0.2, 0.25) is 9.84 Å². The van der Waals surface area contributed by atoms with Crippen molar-refractivity contribution in [3.63, 3.8) is 0 Å². The number of allylic oxidation sites excluding steroid dienone is 1. The Kier molecular flexibility index (Phi) is 4.19. The van der Waals surface area contributed by atoms with E-state index in [0.29, 0.717) is 0 Å². The highest BCUT2D eigenvalue weighted by Crippen LogP contribution is 2.31. The SMILES string of the molecule is CC(C)(c1ccc(S(=O)(=O)C=CC#N)cc1)c1nc2ccccc2[nH]1. The lowest BCUT2D eigenvalue weighted by molar-refractivity contribution is 0.597. The van der Waals surface area contributed by atoms with Gasteiger partial charge < -0.3 is 4.98 Å². The Morgan fingerprint density at radius 2 is 1.80 bits per heavy atom. The number of hydrogen-bond donors (Lipinski definition) is 1. The second-order valence-corrected chi connectivity index (χ2v) is 8.06. The predicted molar refractivity (Wildman–Crippen MR) is 96.6 cm³/mol. The number of para-hydroxylation sites is 2. The van der Waals surface area contributed by atoms with Gasteiger partial charge in [0.15, 0.2) is 0 Å². The Morgan fingerprint density at radius 1 is 1.12 bits per heavy atom. The number of benzene rings is 2. The molecule has 25 heavy (non-hydrogen) atoms. The molecule has 126 valence electrons. The molecule has 0 aliphatic heterocycles. The van der Waals surface area contributed by atoms with E-state index in [1.54, 1.807) is 30.3 Å². The third-order valence-corrected chi connectivity index (χ3v) is 5.63. The van der Waals surface area contributed by atoms with Gasteiger partial charge in [-0.25, -0.2) is 13.4 Å². The zero-order valence-electron chi connectivity index (χ0n) is 13.9. The average molecular weight is 351 g/mol. The second-order valence-electron chi connectivity index (χ2n) is 6.23. The van der Waals surface area contributed by atoms with Crippen molar-refractivity contribution < 1.29 is 8.42 Å². The van der Waals surface area contributed by atoms with Crippen LogP contribution in [-0.2, 0) is 15.3 Å². The summed E-state index contributed by atoms with van der Waals surface area (Å²) in [5.41, 5.74) is 2.39. The molecule has 0 bridgehead atoms. The zero-order valence-corrected chi connectivity index (χ0v) is 14.7. The highest BCUT2D eigenvalue weighted by molar-refractivity contribution is 7.94. The van der Waals surface area contributed by atoms with Crippen LogP contribution in [0.4, 0.5) is 0 Å². The smallest absolute Gasteiger partial charge is 0.200 e. The standard InChI is InChI=1S/C19H17N3O2S/c1-19(2,18-21-16-6-3-4-7-17(16)22-18)14-8-10-15(11-9-14)25(23,24)13-5-12-20/h3-11,13H,1-2H3,(H,21,22). The number of H-pyrrole nitrogens is 1. The van der Waals surface area contributed by atoms with Crippen molar-refractivity contribution in [3.05, 3.63) is 71.4 Å². The summed E-state index contributed by atoms with van der Waals surface area (Å²) in [5, 5.41) is 9.41. The Balaban J connectivity index is 1.98. The van der Waals surface area contributed by atoms with E-state index in [-0.39, 0.29) is 4.90 Å². The average Bonchev–Trinajstić information content (AvgIpc) is 3.05. The van der Waals surface area contributed by atoms with Crippen LogP contribution in [0.2, 0.25) is 0 Å². The van der Waals surface area contributed by atoms with E-state index in [0.717, 1.165) is 33.9 Å². The number of aromatic nitrogens is 2. The van der Waals surface area contributed by atoms with Crippen molar-refractivity contribution in [2.75, 3.05) is 0 Å². The number of nitrogens with one attached hydrogen (secondary N) is 1. The summed E-state index contributed by atoms with van der Waals surface area (Å²) in [6, 6.07) is 16.2. The van der Waals surface area contributed by atoms with Crippen LogP contribution >= 0.6 is 0 Å². The normalized spacial score (nSPS) is 12.5. The zero-order chi connectivity index (χ0) is 18.1. The quantitative estimate of drug-likeness (QED) is 0.726. The van der Waals surface area contributed by atoms with Crippen molar-refractivity contribution in [2.24, 2.45) is 0 Å². The summed E-state index contributed by atoms with van der Waals surface area (Å²) in [6.07, 6.45) is 0.960. The Morgan fingerprint density at radius 3 is 2.44 bits per heavy atom. The lowest BCUT2D eigenvalue weighted by atomic mass is 9.84. The van der Waals surface area contributed by atoms with Crippen molar-refractivity contribution in [1.82, 2.24) is 9.97 Å². The molecule has 3 rings (SSSR count). The van der Waals surface area contributed by atoms with Crippen LogP contribution in [0.5, 0.6) is 0 Å². The molecule has 3 aromatic rings. The Labute approximate surface area is 146 Å². The van der Waals surface area contributed by atoms with E-state index in [1.807, 2.05) is 38.1 Å². The Hall–Kier alpha value is -2.91. The van der Waals surface area contributed by atoms with Gasteiger partial charge >= 0.3 is 0 Å². The highest BCUT2D eigenvalue weighted by atomic mass is 32.2. The van der Waals surface area contributed by atoms with Gasteiger partial charge in [-0.05, 0) is 43.7 Å². The minimum absolute atomic E-state index is 0.156. The van der Waals surface area contributed by atoms with E-state index in [1.165, 1.54) is 0 Å². The largest absolute Gasteiger partial charge is 0.341 e. The number of nitrogens with zero attached hydrogens (tertiary/aromatic N) is 2. The lowest BCUT2D eigenvalue weighted by Gasteiger charge is -2.23. The third kappa shape index (κ3) is 3.19. The molecule has 0 aliphatic rings. The molecule has 0 aliphatic carbocycles. The van der Waals surface area contributed by atoms with E-state index >= 15 is 0 Å². The number of imidazole rings is 1. The van der Waals surface area contributed by atoms with Gasteiger partial charge in [-0.15, -0.1) is 0 Å². The number of hydrogen-bond acceptors (Lipinski definition) is 4. The number of fused-ring (bicyclic) bond motifs is 1. The first-order valence-corrected chi connectivity index (χ1v) is 9.26. The van der Waals surface area contributed by atoms with Gasteiger partial charge in [-0.3, -0.25) is 0 Å². The lowest BCUT2D eigenvalue weighted by Crippen LogP contribution is -2.20. The molecule has 0 saturated heterocycles. The van der Waals surface area contributed by atoms with E-state index in [4.69, 9.17) is 5.26 Å². The fraction of sp³-hybridized carbons (Fsp3) is 0.158. The van der Waals surface area contributed by atoms with Crippen LogP contribution in [0.1, 0.15) is 25.2 Å². The van der Waals surface area contributed by atoms with E-state index in [9.17, 15) is 8.42 Å². The molecular weight excluding hydrogens is 334 g/mol. The van der Waals surface area contributed by atoms with Crippen LogP contribution < -0.4 is 0 Å². The highest BCUT2D eigenvalue weighted by Gasteiger charge is 2.27. The monoisotopic (exact) mass is 351 g/mol. The number of sulfone groups is 1. The van der Waals surface area contributed by atoms with Crippen molar-refractivity contribution >= 4 is 20.9 Å². The van der Waals surface area contributed by atoms with Crippen LogP contribution in [0, 0.1) is 11.3 Å². The summed E-state index contributed by atoms with van der Waals surface area (Å²) < 4.78 is 24.2. The van der Waals surface area contributed by atoms with Crippen molar-refractivity contribution in [1.29, 1.82) is 5.26 Å². The molecule has 0 radical (unpaired) electrons. The molecule has 0 amide bonds. The fourth-order valence-electron chi connectivity index (χ4n) is 2.65. The molecule has 0 atom stereocenters. The van der Waals surface area contributed by atoms with Crippen LogP contribution in [0.3, 0.4) is 0 Å². The molecule has 0 spiro atoms. The van der Waals surface area contributed by atoms with Gasteiger partial charge in [-0.1, -0.05) is 24.3 Å². The Bertz CT molecular complexity index is 1050.